The molecule has 2 unspecified atom stereocenters. The minimum absolute atomic E-state index is 0.130. The molecule has 1 N–H and O–H groups in total. The summed E-state index contributed by atoms with van der Waals surface area (Å²) in [6.45, 7) is 4.62. The van der Waals surface area contributed by atoms with Gasteiger partial charge in [0.15, 0.2) is 0 Å². The first kappa shape index (κ1) is 15.5. The fourth-order valence-electron chi connectivity index (χ4n) is 6.73. The molecule has 0 aliphatic heterocycles. The van der Waals surface area contributed by atoms with Gasteiger partial charge in [-0.2, -0.15) is 0 Å². The summed E-state index contributed by atoms with van der Waals surface area (Å²) in [4.78, 5) is 11.9. The van der Waals surface area contributed by atoms with Gasteiger partial charge in [0.05, 0.1) is 0 Å². The monoisotopic (exact) mass is 312 g/mol. The lowest BCUT2D eigenvalue weighted by Gasteiger charge is -2.57. The maximum atomic E-state index is 11.9. The van der Waals surface area contributed by atoms with E-state index in [-0.39, 0.29) is 10.8 Å². The van der Waals surface area contributed by atoms with Gasteiger partial charge in [-0.05, 0) is 61.7 Å². The van der Waals surface area contributed by atoms with Crippen LogP contribution < -0.4 is 0 Å². The topological polar surface area (TPSA) is 37.3 Å². The molecule has 0 radical (unpaired) electrons. The number of carbonyl (C=O) groups is 1. The molecule has 0 amide bonds. The lowest BCUT2D eigenvalue weighted by atomic mass is 9.47. The molecular weight excluding hydrogens is 284 g/mol. The van der Waals surface area contributed by atoms with Crippen molar-refractivity contribution in [1.82, 2.24) is 0 Å². The summed E-state index contributed by atoms with van der Waals surface area (Å²) in [5.74, 6) is 4.96. The molecular formula is C21H28O2. The number of rotatable bonds is 0. The maximum Gasteiger partial charge on any atom is 0.136 e. The molecule has 0 spiro atoms. The largest absolute Gasteiger partial charge is 0.377 e. The molecule has 0 aromatic heterocycles. The zero-order valence-corrected chi connectivity index (χ0v) is 14.4. The van der Waals surface area contributed by atoms with E-state index in [0.29, 0.717) is 30.0 Å². The summed E-state index contributed by atoms with van der Waals surface area (Å²) in [6, 6.07) is 0. The van der Waals surface area contributed by atoms with Crippen LogP contribution in [0, 0.1) is 40.9 Å². The van der Waals surface area contributed by atoms with E-state index < -0.39 is 5.60 Å². The van der Waals surface area contributed by atoms with Crippen LogP contribution in [0.5, 0.6) is 0 Å². The van der Waals surface area contributed by atoms with Crippen molar-refractivity contribution in [3.63, 3.8) is 0 Å². The number of hydrogen-bond acceptors (Lipinski definition) is 2. The Labute approximate surface area is 139 Å². The molecule has 3 saturated carbocycles. The minimum Gasteiger partial charge on any atom is -0.377 e. The number of terminal acetylenes is 1. The second-order valence-corrected chi connectivity index (χ2v) is 8.97. The van der Waals surface area contributed by atoms with Crippen molar-refractivity contribution in [1.29, 1.82) is 0 Å². The summed E-state index contributed by atoms with van der Waals surface area (Å²) < 4.78 is 0. The highest BCUT2D eigenvalue weighted by molar-refractivity contribution is 5.82. The number of hydrogen-bond donors (Lipinski definition) is 1. The maximum absolute atomic E-state index is 11.9. The fraction of sp³-hybridized carbons (Fsp3) is 0.762. The molecule has 2 nitrogen and oxygen atoms in total. The van der Waals surface area contributed by atoms with Gasteiger partial charge in [0, 0.05) is 18.3 Å². The normalized spacial score (nSPS) is 52.0. The van der Waals surface area contributed by atoms with Crippen molar-refractivity contribution in [2.75, 3.05) is 0 Å². The standard InChI is InChI=1S/C21H28O2/c1-4-21(23)12-9-18-16-6-5-14-13-15(22)7-10-19(14,2)17(16)8-11-20(18,21)3/h1,5,16-18,23H,6-13H2,2-3H3/t16?,17-,18-,19+,20+,21?/m1/s1. The van der Waals surface area contributed by atoms with Gasteiger partial charge in [0.1, 0.15) is 11.4 Å². The molecule has 0 heterocycles. The number of ketones is 1. The molecule has 2 heteroatoms. The first-order chi connectivity index (χ1) is 10.8. The Morgan fingerprint density at radius 3 is 2.70 bits per heavy atom. The lowest BCUT2D eigenvalue weighted by Crippen LogP contribution is -2.54. The van der Waals surface area contributed by atoms with Crippen LogP contribution in [-0.4, -0.2) is 16.5 Å². The zero-order valence-electron chi connectivity index (χ0n) is 14.4. The Kier molecular flexibility index (Phi) is 3.18. The average Bonchev–Trinajstić information content (AvgIpc) is 2.80. The summed E-state index contributed by atoms with van der Waals surface area (Å²) in [7, 11) is 0. The molecule has 0 saturated heterocycles. The molecule has 0 bridgehead atoms. The highest BCUT2D eigenvalue weighted by Gasteiger charge is 2.63. The molecule has 23 heavy (non-hydrogen) atoms. The van der Waals surface area contributed by atoms with Crippen molar-refractivity contribution in [2.45, 2.75) is 70.8 Å². The fourth-order valence-corrected chi connectivity index (χ4v) is 6.73. The molecule has 6 atom stereocenters. The second kappa shape index (κ2) is 4.73. The molecule has 3 fully saturated rings. The van der Waals surface area contributed by atoms with Gasteiger partial charge >= 0.3 is 0 Å². The summed E-state index contributed by atoms with van der Waals surface area (Å²) in [5.41, 5.74) is 0.559. The number of Topliss-reactive ketones (excluding diaryl/α,β-unsaturated/α-hetero) is 1. The highest BCUT2D eigenvalue weighted by atomic mass is 16.3. The van der Waals surface area contributed by atoms with Crippen LogP contribution in [0.25, 0.3) is 0 Å². The molecule has 0 aromatic rings. The number of aliphatic hydroxyl groups is 1. The molecule has 4 aliphatic rings. The minimum atomic E-state index is -0.921. The SMILES string of the molecule is C#CC1(O)CC[C@@H]2C3CC=C4CC(=O)CC[C@]4(C)[C@@H]3CC[C@@]21C. The Morgan fingerprint density at radius 1 is 1.22 bits per heavy atom. The van der Waals surface area contributed by atoms with Crippen LogP contribution in [0.3, 0.4) is 0 Å². The van der Waals surface area contributed by atoms with Crippen LogP contribution in [0.1, 0.15) is 65.2 Å². The summed E-state index contributed by atoms with van der Waals surface area (Å²) >= 11 is 0. The van der Waals surface area contributed by atoms with Gasteiger partial charge in [-0.1, -0.05) is 31.4 Å². The van der Waals surface area contributed by atoms with Crippen molar-refractivity contribution < 1.29 is 9.90 Å². The van der Waals surface area contributed by atoms with Crippen LogP contribution in [0.4, 0.5) is 0 Å². The van der Waals surface area contributed by atoms with Crippen molar-refractivity contribution in [2.24, 2.45) is 28.6 Å². The predicted octanol–water partition coefficient (Wildman–Crippen LogP) is 3.88. The van der Waals surface area contributed by atoms with Crippen LogP contribution in [-0.2, 0) is 4.79 Å². The van der Waals surface area contributed by atoms with Crippen LogP contribution >= 0.6 is 0 Å². The molecule has 4 aliphatic carbocycles. The lowest BCUT2D eigenvalue weighted by molar-refractivity contribution is -0.123. The van der Waals surface area contributed by atoms with E-state index in [0.717, 1.165) is 44.9 Å². The molecule has 0 aromatic carbocycles. The zero-order chi connectivity index (χ0) is 16.5. The third-order valence-corrected chi connectivity index (χ3v) is 8.33. The van der Waals surface area contributed by atoms with Crippen molar-refractivity contribution in [3.8, 4) is 12.3 Å². The Morgan fingerprint density at radius 2 is 1.96 bits per heavy atom. The third-order valence-electron chi connectivity index (χ3n) is 8.33. The highest BCUT2D eigenvalue weighted by Crippen LogP contribution is 2.66. The van der Waals surface area contributed by atoms with E-state index in [1.165, 1.54) is 5.57 Å². The van der Waals surface area contributed by atoms with E-state index >= 15 is 0 Å². The Hall–Kier alpha value is -1.07. The van der Waals surface area contributed by atoms with Crippen molar-refractivity contribution >= 4 is 5.78 Å². The van der Waals surface area contributed by atoms with E-state index in [1.54, 1.807) is 0 Å². The van der Waals surface area contributed by atoms with Gasteiger partial charge in [0.25, 0.3) is 0 Å². The Balaban J connectivity index is 1.71. The van der Waals surface area contributed by atoms with Crippen molar-refractivity contribution in [3.05, 3.63) is 11.6 Å². The van der Waals surface area contributed by atoms with Gasteiger partial charge in [0.2, 0.25) is 0 Å². The third kappa shape index (κ3) is 1.84. The Bertz CT molecular complexity index is 626. The quantitative estimate of drug-likeness (QED) is 0.544. The van der Waals surface area contributed by atoms with E-state index in [1.807, 2.05) is 0 Å². The summed E-state index contributed by atoms with van der Waals surface area (Å²) in [5, 5.41) is 11.0. The molecule has 4 rings (SSSR count). The second-order valence-electron chi connectivity index (χ2n) is 8.97. The van der Waals surface area contributed by atoms with Gasteiger partial charge in [-0.25, -0.2) is 0 Å². The smallest absolute Gasteiger partial charge is 0.136 e. The molecule has 124 valence electrons. The number of allylic oxidation sites excluding steroid dienone is 2. The van der Waals surface area contributed by atoms with Crippen LogP contribution in [0.2, 0.25) is 0 Å². The van der Waals surface area contributed by atoms with Gasteiger partial charge < -0.3 is 5.11 Å². The summed E-state index contributed by atoms with van der Waals surface area (Å²) in [6.07, 6.45) is 15.6. The number of fused-ring (bicyclic) bond motifs is 5. The first-order valence-electron chi connectivity index (χ1n) is 9.25. The predicted molar refractivity (Wildman–Crippen MR) is 90.5 cm³/mol. The van der Waals surface area contributed by atoms with E-state index in [9.17, 15) is 9.90 Å². The number of carbonyl (C=O) groups excluding carboxylic acids is 1. The van der Waals surface area contributed by atoms with Crippen LogP contribution in [0.15, 0.2) is 11.6 Å². The average molecular weight is 312 g/mol. The first-order valence-corrected chi connectivity index (χ1v) is 9.25. The van der Waals surface area contributed by atoms with Gasteiger partial charge in [-0.3, -0.25) is 4.79 Å². The van der Waals surface area contributed by atoms with E-state index in [4.69, 9.17) is 6.42 Å². The van der Waals surface area contributed by atoms with E-state index in [2.05, 4.69) is 25.8 Å². The van der Waals surface area contributed by atoms with Gasteiger partial charge in [-0.15, -0.1) is 6.42 Å².